The monoisotopic (exact) mass is 247 g/mol. The molecule has 0 amide bonds. The van der Waals surface area contributed by atoms with E-state index in [1.54, 1.807) is 20.3 Å². The Balaban J connectivity index is 2.25. The molecule has 0 atom stereocenters. The molecule has 96 valence electrons. The number of hydrogen-bond acceptors (Lipinski definition) is 4. The highest BCUT2D eigenvalue weighted by atomic mass is 16.5. The molecule has 2 aromatic heterocycles. The summed E-state index contributed by atoms with van der Waals surface area (Å²) in [4.78, 5) is 9.01. The van der Waals surface area contributed by atoms with Crippen LogP contribution in [0.15, 0.2) is 6.07 Å². The van der Waals surface area contributed by atoms with Crippen molar-refractivity contribution in [2.24, 2.45) is 0 Å². The molecule has 18 heavy (non-hydrogen) atoms. The van der Waals surface area contributed by atoms with Crippen LogP contribution in [0.2, 0.25) is 0 Å². The second-order valence-corrected chi connectivity index (χ2v) is 4.54. The standard InChI is InChI=1S/C13H17N3O2/c1-17-11-8-12(18-2)16-10-7-5-3-4-6-9(10)14-13(16)15-11/h8H,3-7H2,1-2H3. The van der Waals surface area contributed by atoms with Crippen molar-refractivity contribution in [1.82, 2.24) is 14.4 Å². The number of methoxy groups -OCH3 is 2. The van der Waals surface area contributed by atoms with Gasteiger partial charge in [0.25, 0.3) is 0 Å². The molecule has 0 N–H and O–H groups in total. The topological polar surface area (TPSA) is 48.7 Å². The van der Waals surface area contributed by atoms with E-state index in [4.69, 9.17) is 9.47 Å². The molecule has 5 heteroatoms. The third-order valence-corrected chi connectivity index (χ3v) is 3.46. The van der Waals surface area contributed by atoms with Crippen LogP contribution < -0.4 is 9.47 Å². The second-order valence-electron chi connectivity index (χ2n) is 4.54. The summed E-state index contributed by atoms with van der Waals surface area (Å²) < 4.78 is 12.6. The van der Waals surface area contributed by atoms with Gasteiger partial charge in [0.1, 0.15) is 0 Å². The third-order valence-electron chi connectivity index (χ3n) is 3.46. The average Bonchev–Trinajstić information content (AvgIpc) is 2.59. The Labute approximate surface area is 106 Å². The molecule has 0 bridgehead atoms. The molecule has 3 rings (SSSR count). The Kier molecular flexibility index (Phi) is 2.81. The molecule has 0 fully saturated rings. The fraction of sp³-hybridized carbons (Fsp3) is 0.538. The van der Waals surface area contributed by atoms with E-state index in [0.717, 1.165) is 24.4 Å². The highest BCUT2D eigenvalue weighted by molar-refractivity contribution is 5.44. The lowest BCUT2D eigenvalue weighted by molar-refractivity contribution is 0.368. The molecule has 5 nitrogen and oxygen atoms in total. The van der Waals surface area contributed by atoms with Crippen molar-refractivity contribution < 1.29 is 9.47 Å². The first-order valence-electron chi connectivity index (χ1n) is 6.32. The Bertz CT molecular complexity index is 577. The van der Waals surface area contributed by atoms with Crippen LogP contribution in [0.3, 0.4) is 0 Å². The van der Waals surface area contributed by atoms with Crippen LogP contribution in [0.1, 0.15) is 30.7 Å². The van der Waals surface area contributed by atoms with Crippen LogP contribution in [0.5, 0.6) is 11.8 Å². The summed E-state index contributed by atoms with van der Waals surface area (Å²) >= 11 is 0. The van der Waals surface area contributed by atoms with E-state index in [1.807, 2.05) is 4.40 Å². The van der Waals surface area contributed by atoms with E-state index in [-0.39, 0.29) is 0 Å². The van der Waals surface area contributed by atoms with Gasteiger partial charge in [0, 0.05) is 0 Å². The fourth-order valence-electron chi connectivity index (χ4n) is 2.57. The summed E-state index contributed by atoms with van der Waals surface area (Å²) in [6, 6.07) is 1.81. The fourth-order valence-corrected chi connectivity index (χ4v) is 2.57. The summed E-state index contributed by atoms with van der Waals surface area (Å²) in [5.41, 5.74) is 2.40. The highest BCUT2D eigenvalue weighted by Crippen LogP contribution is 2.27. The average molecular weight is 247 g/mol. The molecule has 0 saturated heterocycles. The zero-order valence-electron chi connectivity index (χ0n) is 10.8. The van der Waals surface area contributed by atoms with Gasteiger partial charge in [0.15, 0.2) is 0 Å². The number of hydrogen-bond donors (Lipinski definition) is 0. The maximum atomic E-state index is 5.44. The molecule has 0 unspecified atom stereocenters. The minimum atomic E-state index is 0.541. The van der Waals surface area contributed by atoms with Gasteiger partial charge in [0.2, 0.25) is 17.5 Å². The molecule has 1 aliphatic rings. The van der Waals surface area contributed by atoms with Crippen molar-refractivity contribution in [3.8, 4) is 11.8 Å². The maximum Gasteiger partial charge on any atom is 0.240 e. The highest BCUT2D eigenvalue weighted by Gasteiger charge is 2.19. The summed E-state index contributed by atoms with van der Waals surface area (Å²) in [6.07, 6.45) is 5.75. The lowest BCUT2D eigenvalue weighted by atomic mass is 10.2. The molecule has 2 heterocycles. The Morgan fingerprint density at radius 2 is 1.89 bits per heavy atom. The van der Waals surface area contributed by atoms with Crippen LogP contribution in [0, 0.1) is 0 Å². The quantitative estimate of drug-likeness (QED) is 0.762. The van der Waals surface area contributed by atoms with Crippen LogP contribution in [-0.4, -0.2) is 28.6 Å². The molecular formula is C13H17N3O2. The van der Waals surface area contributed by atoms with Gasteiger partial charge < -0.3 is 9.47 Å². The van der Waals surface area contributed by atoms with E-state index in [0.29, 0.717) is 11.7 Å². The number of fused-ring (bicyclic) bond motifs is 3. The van der Waals surface area contributed by atoms with Crippen molar-refractivity contribution >= 4 is 5.78 Å². The molecule has 0 aliphatic heterocycles. The number of rotatable bonds is 2. The van der Waals surface area contributed by atoms with Gasteiger partial charge in [-0.1, -0.05) is 6.42 Å². The molecule has 0 aromatic carbocycles. The maximum absolute atomic E-state index is 5.44. The minimum absolute atomic E-state index is 0.541. The Hall–Kier alpha value is -1.78. The number of ether oxygens (including phenoxy) is 2. The Morgan fingerprint density at radius 3 is 2.67 bits per heavy atom. The number of aromatic nitrogens is 3. The van der Waals surface area contributed by atoms with Gasteiger partial charge in [-0.2, -0.15) is 4.98 Å². The van der Waals surface area contributed by atoms with E-state index >= 15 is 0 Å². The van der Waals surface area contributed by atoms with Crippen molar-refractivity contribution in [3.05, 3.63) is 17.5 Å². The molecular weight excluding hydrogens is 230 g/mol. The van der Waals surface area contributed by atoms with Crippen molar-refractivity contribution in [1.29, 1.82) is 0 Å². The van der Waals surface area contributed by atoms with E-state index in [9.17, 15) is 0 Å². The first-order valence-corrected chi connectivity index (χ1v) is 6.32. The first kappa shape index (κ1) is 11.3. The van der Waals surface area contributed by atoms with E-state index in [1.165, 1.54) is 25.0 Å². The van der Waals surface area contributed by atoms with Crippen molar-refractivity contribution in [2.45, 2.75) is 32.1 Å². The normalized spacial score (nSPS) is 15.2. The van der Waals surface area contributed by atoms with Gasteiger partial charge in [-0.3, -0.25) is 4.40 Å². The van der Waals surface area contributed by atoms with Gasteiger partial charge in [-0.25, -0.2) is 4.98 Å². The van der Waals surface area contributed by atoms with Crippen LogP contribution in [-0.2, 0) is 12.8 Å². The lowest BCUT2D eigenvalue weighted by Crippen LogP contribution is -2.02. The number of aryl methyl sites for hydroxylation is 2. The van der Waals surface area contributed by atoms with E-state index in [2.05, 4.69) is 9.97 Å². The SMILES string of the molecule is COc1cc(OC)n2c3c(nc2n1)CCCCC3. The zero-order valence-corrected chi connectivity index (χ0v) is 10.8. The number of imidazole rings is 1. The van der Waals surface area contributed by atoms with Crippen LogP contribution >= 0.6 is 0 Å². The smallest absolute Gasteiger partial charge is 0.240 e. The number of nitrogens with zero attached hydrogens (tertiary/aromatic N) is 3. The molecule has 0 radical (unpaired) electrons. The van der Waals surface area contributed by atoms with E-state index < -0.39 is 0 Å². The van der Waals surface area contributed by atoms with Crippen molar-refractivity contribution in [3.63, 3.8) is 0 Å². The summed E-state index contributed by atoms with van der Waals surface area (Å²) in [7, 11) is 3.27. The summed E-state index contributed by atoms with van der Waals surface area (Å²) in [5.74, 6) is 1.96. The summed E-state index contributed by atoms with van der Waals surface area (Å²) in [6.45, 7) is 0. The minimum Gasteiger partial charge on any atom is -0.482 e. The molecule has 2 aromatic rings. The molecule has 1 aliphatic carbocycles. The predicted molar refractivity (Wildman–Crippen MR) is 67.4 cm³/mol. The van der Waals surface area contributed by atoms with Gasteiger partial charge in [-0.15, -0.1) is 0 Å². The predicted octanol–water partition coefficient (Wildman–Crippen LogP) is 2.02. The second kappa shape index (κ2) is 4.48. The van der Waals surface area contributed by atoms with Gasteiger partial charge in [-0.05, 0) is 25.7 Å². The molecule has 0 spiro atoms. The van der Waals surface area contributed by atoms with Crippen molar-refractivity contribution in [2.75, 3.05) is 14.2 Å². The van der Waals surface area contributed by atoms with Crippen LogP contribution in [0.4, 0.5) is 0 Å². The molecule has 0 saturated carbocycles. The Morgan fingerprint density at radius 1 is 1.06 bits per heavy atom. The summed E-state index contributed by atoms with van der Waals surface area (Å²) in [5, 5.41) is 0. The van der Waals surface area contributed by atoms with Gasteiger partial charge in [0.05, 0.1) is 31.7 Å². The van der Waals surface area contributed by atoms with Crippen LogP contribution in [0.25, 0.3) is 5.78 Å². The lowest BCUT2D eigenvalue weighted by Gasteiger charge is -2.08. The zero-order chi connectivity index (χ0) is 12.5. The van der Waals surface area contributed by atoms with Gasteiger partial charge >= 0.3 is 0 Å². The third kappa shape index (κ3) is 1.70. The first-order chi connectivity index (χ1) is 8.83. The largest absolute Gasteiger partial charge is 0.482 e.